The molecule has 10 nitrogen and oxygen atoms in total. The van der Waals surface area contributed by atoms with Gasteiger partial charge in [-0.15, -0.1) is 0 Å². The van der Waals surface area contributed by atoms with E-state index in [9.17, 15) is 9.59 Å². The lowest BCUT2D eigenvalue weighted by atomic mass is 10.0. The second-order valence-electron chi connectivity index (χ2n) is 9.40. The van der Waals surface area contributed by atoms with Gasteiger partial charge >= 0.3 is 5.69 Å². The fourth-order valence-electron chi connectivity index (χ4n) is 5.24. The molecule has 11 heteroatoms. The number of ether oxygens (including phenoxy) is 3. The monoisotopic (exact) mass is 519 g/mol. The molecule has 2 aromatic rings. The minimum Gasteiger partial charge on any atom is -0.382 e. The minimum atomic E-state index is -1.35. The van der Waals surface area contributed by atoms with E-state index in [1.807, 2.05) is 25.1 Å². The number of nitrogens with zero attached hydrogens (tertiary/aromatic N) is 2. The summed E-state index contributed by atoms with van der Waals surface area (Å²) >= 11 is 0. The molecule has 0 bridgehead atoms. The molecule has 3 fully saturated rings. The minimum absolute atomic E-state index is 0.0460. The molecule has 3 aliphatic rings. The lowest BCUT2D eigenvalue weighted by Crippen LogP contribution is -2.41. The van der Waals surface area contributed by atoms with Crippen molar-refractivity contribution < 1.29 is 23.3 Å². The van der Waals surface area contributed by atoms with Crippen LogP contribution in [0.15, 0.2) is 46.1 Å². The lowest BCUT2D eigenvalue weighted by Gasteiger charge is -2.29. The van der Waals surface area contributed by atoms with Crippen LogP contribution >= 0.6 is 8.53 Å². The number of aromatic amines is 1. The summed E-state index contributed by atoms with van der Waals surface area (Å²) in [7, 11) is 0.261. The number of fused-ring (bicyclic) bond motifs is 1. The maximum Gasteiger partial charge on any atom is 0.330 e. The van der Waals surface area contributed by atoms with Gasteiger partial charge in [-0.25, -0.2) is 9.46 Å². The summed E-state index contributed by atoms with van der Waals surface area (Å²) in [5.74, 6) is 0. The molecule has 4 heterocycles. The molecule has 1 N–H and O–H groups in total. The first kappa shape index (κ1) is 25.7. The third kappa shape index (κ3) is 4.96. The zero-order chi connectivity index (χ0) is 25.2. The van der Waals surface area contributed by atoms with Crippen molar-refractivity contribution in [1.82, 2.24) is 14.2 Å². The Hall–Kier alpha value is -1.91. The van der Waals surface area contributed by atoms with Gasteiger partial charge in [-0.05, 0) is 31.7 Å². The van der Waals surface area contributed by atoms with Gasteiger partial charge in [0.25, 0.3) is 14.1 Å². The maximum atomic E-state index is 12.7. The highest BCUT2D eigenvalue weighted by molar-refractivity contribution is 7.45. The summed E-state index contributed by atoms with van der Waals surface area (Å²) in [6.45, 7) is 5.29. The predicted molar refractivity (Wildman–Crippen MR) is 134 cm³/mol. The number of nitrogens with one attached hydrogen (secondary N) is 1. The summed E-state index contributed by atoms with van der Waals surface area (Å²) in [4.78, 5) is 27.1. The first-order valence-electron chi connectivity index (χ1n) is 12.5. The number of hydrogen-bond donors (Lipinski definition) is 1. The van der Waals surface area contributed by atoms with E-state index in [1.54, 1.807) is 14.0 Å². The Labute approximate surface area is 211 Å². The van der Waals surface area contributed by atoms with Crippen molar-refractivity contribution in [2.75, 3.05) is 26.9 Å². The molecule has 5 rings (SSSR count). The van der Waals surface area contributed by atoms with E-state index in [4.69, 9.17) is 23.3 Å². The summed E-state index contributed by atoms with van der Waals surface area (Å²) in [6.07, 6.45) is 2.18. The SMILES string of the molecule is CC[C@H]1O[C@@H](n2cc(C)c(=O)[nH]c2=O)[C@@H](OCCOC)C1OP1O[C@@H](c2ccccc2)[C@H]2CCCN21. The van der Waals surface area contributed by atoms with Gasteiger partial charge in [0.05, 0.1) is 19.3 Å². The molecule has 2 unspecified atom stereocenters. The zero-order valence-electron chi connectivity index (χ0n) is 20.9. The molecule has 0 spiro atoms. The van der Waals surface area contributed by atoms with Crippen LogP contribution in [0.4, 0.5) is 0 Å². The van der Waals surface area contributed by atoms with Crippen LogP contribution in [-0.2, 0) is 23.3 Å². The van der Waals surface area contributed by atoms with Crippen molar-refractivity contribution in [1.29, 1.82) is 0 Å². The van der Waals surface area contributed by atoms with Gasteiger partial charge in [0.1, 0.15) is 18.3 Å². The highest BCUT2D eigenvalue weighted by atomic mass is 31.2. The van der Waals surface area contributed by atoms with Gasteiger partial charge in [0.2, 0.25) is 0 Å². The summed E-state index contributed by atoms with van der Waals surface area (Å²) in [6, 6.07) is 10.6. The Kier molecular flexibility index (Phi) is 8.02. The Balaban J connectivity index is 1.43. The topological polar surface area (TPSA) is 104 Å². The average molecular weight is 520 g/mol. The van der Waals surface area contributed by atoms with Crippen LogP contribution in [-0.4, -0.2) is 65.4 Å². The molecule has 3 saturated heterocycles. The van der Waals surface area contributed by atoms with Gasteiger partial charge in [0.15, 0.2) is 6.23 Å². The largest absolute Gasteiger partial charge is 0.382 e. The molecule has 3 aliphatic heterocycles. The number of benzene rings is 1. The fourth-order valence-corrected chi connectivity index (χ4v) is 7.23. The van der Waals surface area contributed by atoms with Crippen molar-refractivity contribution in [3.8, 4) is 0 Å². The number of aryl methyl sites for hydroxylation is 1. The second-order valence-corrected chi connectivity index (χ2v) is 10.8. The Morgan fingerprint density at radius 1 is 1.17 bits per heavy atom. The van der Waals surface area contributed by atoms with Gasteiger partial charge in [-0.2, -0.15) is 0 Å². The van der Waals surface area contributed by atoms with Crippen molar-refractivity contribution in [2.45, 2.75) is 69.8 Å². The molecule has 1 aromatic heterocycles. The Bertz CT molecular complexity index is 1140. The fraction of sp³-hybridized carbons (Fsp3) is 0.600. The lowest BCUT2D eigenvalue weighted by molar-refractivity contribution is -0.0782. The third-order valence-corrected chi connectivity index (χ3v) is 8.83. The molecule has 36 heavy (non-hydrogen) atoms. The summed E-state index contributed by atoms with van der Waals surface area (Å²) in [5.41, 5.74) is 0.609. The first-order valence-corrected chi connectivity index (χ1v) is 13.7. The molecular formula is C25H34N3O7P. The Morgan fingerprint density at radius 2 is 1.97 bits per heavy atom. The van der Waals surface area contributed by atoms with E-state index < -0.39 is 38.2 Å². The van der Waals surface area contributed by atoms with E-state index in [-0.39, 0.29) is 18.2 Å². The number of aromatic nitrogens is 2. The molecule has 196 valence electrons. The van der Waals surface area contributed by atoms with Crippen LogP contribution in [0, 0.1) is 6.92 Å². The zero-order valence-corrected chi connectivity index (χ0v) is 21.8. The summed E-state index contributed by atoms with van der Waals surface area (Å²) in [5, 5.41) is 0. The second kappa shape index (κ2) is 11.2. The molecule has 7 atom stereocenters. The Morgan fingerprint density at radius 3 is 2.72 bits per heavy atom. The molecule has 0 aliphatic carbocycles. The quantitative estimate of drug-likeness (QED) is 0.398. The molecular weight excluding hydrogens is 485 g/mol. The molecule has 1 aromatic carbocycles. The van der Waals surface area contributed by atoms with E-state index in [1.165, 1.54) is 10.8 Å². The van der Waals surface area contributed by atoms with Crippen LogP contribution < -0.4 is 11.2 Å². The number of hydrogen-bond acceptors (Lipinski definition) is 8. The smallest absolute Gasteiger partial charge is 0.330 e. The summed E-state index contributed by atoms with van der Waals surface area (Å²) < 4.78 is 34.8. The standard InChI is InChI=1S/C25H34N3O7P/c1-4-19-21(35-36-28-12-8-11-18(28)20(34-36)17-9-6-5-7-10-17)22(32-14-13-31-3)24(33-19)27-15-16(2)23(29)26-25(27)30/h5-7,9-10,15,18-22,24H,4,8,11-14H2,1-3H3,(H,26,29,30)/t18-,19-,20+,21?,22+,24-,36?/m1/s1. The van der Waals surface area contributed by atoms with Crippen molar-refractivity contribution in [3.63, 3.8) is 0 Å². The van der Waals surface area contributed by atoms with Crippen LogP contribution in [0.5, 0.6) is 0 Å². The first-order chi connectivity index (χ1) is 17.5. The van der Waals surface area contributed by atoms with E-state index in [0.29, 0.717) is 25.2 Å². The maximum absolute atomic E-state index is 12.7. The van der Waals surface area contributed by atoms with Crippen molar-refractivity contribution in [3.05, 3.63) is 68.5 Å². The van der Waals surface area contributed by atoms with Crippen LogP contribution in [0.25, 0.3) is 0 Å². The third-order valence-electron chi connectivity index (χ3n) is 7.08. The normalized spacial score (nSPS) is 32.2. The van der Waals surface area contributed by atoms with Crippen LogP contribution in [0.2, 0.25) is 0 Å². The van der Waals surface area contributed by atoms with Crippen LogP contribution in [0.3, 0.4) is 0 Å². The van der Waals surface area contributed by atoms with Crippen molar-refractivity contribution >= 4 is 8.53 Å². The van der Waals surface area contributed by atoms with Gasteiger partial charge in [-0.3, -0.25) is 14.3 Å². The van der Waals surface area contributed by atoms with E-state index in [0.717, 1.165) is 24.9 Å². The van der Waals surface area contributed by atoms with Gasteiger partial charge in [0, 0.05) is 31.5 Å². The van der Waals surface area contributed by atoms with Crippen molar-refractivity contribution in [2.24, 2.45) is 0 Å². The van der Waals surface area contributed by atoms with Gasteiger partial charge < -0.3 is 23.3 Å². The highest BCUT2D eigenvalue weighted by Gasteiger charge is 2.53. The number of H-pyrrole nitrogens is 1. The number of methoxy groups -OCH3 is 1. The number of rotatable bonds is 9. The molecule has 0 amide bonds. The van der Waals surface area contributed by atoms with Crippen LogP contribution in [0.1, 0.15) is 49.6 Å². The highest BCUT2D eigenvalue weighted by Crippen LogP contribution is 2.61. The predicted octanol–water partition coefficient (Wildman–Crippen LogP) is 3.03. The average Bonchev–Trinajstić information content (AvgIpc) is 3.58. The van der Waals surface area contributed by atoms with E-state index in [2.05, 4.69) is 21.8 Å². The van der Waals surface area contributed by atoms with E-state index >= 15 is 0 Å². The molecule has 0 radical (unpaired) electrons. The molecule has 0 saturated carbocycles. The van der Waals surface area contributed by atoms with Gasteiger partial charge in [-0.1, -0.05) is 37.3 Å².